The molecule has 4 heteroatoms. The number of terminal acetylenes is 1. The van der Waals surface area contributed by atoms with E-state index in [1.54, 1.807) is 6.20 Å². The van der Waals surface area contributed by atoms with Gasteiger partial charge < -0.3 is 5.73 Å². The fourth-order valence-corrected chi connectivity index (χ4v) is 1.49. The summed E-state index contributed by atoms with van der Waals surface area (Å²) < 4.78 is 1.53. The third-order valence-corrected chi connectivity index (χ3v) is 2.43. The van der Waals surface area contributed by atoms with Crippen LogP contribution in [0.2, 0.25) is 0 Å². The van der Waals surface area contributed by atoms with Crippen molar-refractivity contribution in [3.63, 3.8) is 0 Å². The van der Waals surface area contributed by atoms with Crippen molar-refractivity contribution < 1.29 is 0 Å². The Hall–Kier alpha value is -1.76. The monoisotopic (exact) mass is 219 g/mol. The first-order valence-electron chi connectivity index (χ1n) is 5.52. The first kappa shape index (κ1) is 12.3. The van der Waals surface area contributed by atoms with Crippen molar-refractivity contribution in [1.29, 1.82) is 0 Å². The predicted molar refractivity (Wildman–Crippen MR) is 65.0 cm³/mol. The fraction of sp³-hybridized carbons (Fsp3) is 0.500. The minimum Gasteiger partial charge on any atom is -0.382 e. The van der Waals surface area contributed by atoms with Crippen LogP contribution in [-0.2, 0) is 6.54 Å². The maximum absolute atomic E-state index is 11.5. The number of aromatic nitrogens is 2. The van der Waals surface area contributed by atoms with E-state index >= 15 is 0 Å². The van der Waals surface area contributed by atoms with Crippen molar-refractivity contribution in [2.75, 3.05) is 5.73 Å². The van der Waals surface area contributed by atoms with Gasteiger partial charge in [-0.2, -0.15) is 4.98 Å². The Morgan fingerprint density at radius 3 is 2.88 bits per heavy atom. The highest BCUT2D eigenvalue weighted by atomic mass is 16.1. The predicted octanol–water partition coefficient (Wildman–Crippen LogP) is 1.39. The summed E-state index contributed by atoms with van der Waals surface area (Å²) in [6.07, 6.45) is 11.3. The van der Waals surface area contributed by atoms with Gasteiger partial charge in [-0.1, -0.05) is 32.1 Å². The smallest absolute Gasteiger partial charge is 0.349 e. The van der Waals surface area contributed by atoms with Crippen LogP contribution >= 0.6 is 0 Å². The Morgan fingerprint density at radius 1 is 1.50 bits per heavy atom. The Labute approximate surface area is 95.5 Å². The van der Waals surface area contributed by atoms with E-state index in [1.165, 1.54) is 17.4 Å². The van der Waals surface area contributed by atoms with Gasteiger partial charge in [0.1, 0.15) is 5.82 Å². The molecule has 0 atom stereocenters. The number of unbranched alkanes of at least 4 members (excludes halogenated alkanes) is 3. The molecule has 0 aromatic carbocycles. The van der Waals surface area contributed by atoms with Crippen molar-refractivity contribution in [3.8, 4) is 12.3 Å². The highest BCUT2D eigenvalue weighted by molar-refractivity contribution is 5.47. The van der Waals surface area contributed by atoms with Crippen molar-refractivity contribution in [3.05, 3.63) is 22.2 Å². The second-order valence-corrected chi connectivity index (χ2v) is 3.72. The molecule has 1 heterocycles. The SMILES string of the molecule is C#Cc1cn(CCCCCC)c(=O)nc1N. The van der Waals surface area contributed by atoms with E-state index in [0.717, 1.165) is 12.8 Å². The summed E-state index contributed by atoms with van der Waals surface area (Å²) >= 11 is 0. The first-order valence-corrected chi connectivity index (χ1v) is 5.52. The molecule has 4 nitrogen and oxygen atoms in total. The summed E-state index contributed by atoms with van der Waals surface area (Å²) in [5.41, 5.74) is 5.67. The van der Waals surface area contributed by atoms with Gasteiger partial charge in [0.05, 0.1) is 5.56 Å². The van der Waals surface area contributed by atoms with Crippen LogP contribution < -0.4 is 11.4 Å². The van der Waals surface area contributed by atoms with Crippen LogP contribution in [0, 0.1) is 12.3 Å². The largest absolute Gasteiger partial charge is 0.382 e. The van der Waals surface area contributed by atoms with E-state index in [0.29, 0.717) is 12.1 Å². The molecule has 0 unspecified atom stereocenters. The summed E-state index contributed by atoms with van der Waals surface area (Å²) in [5.74, 6) is 2.55. The molecule has 0 aliphatic carbocycles. The van der Waals surface area contributed by atoms with E-state index in [4.69, 9.17) is 12.2 Å². The summed E-state index contributed by atoms with van der Waals surface area (Å²) in [6, 6.07) is 0. The summed E-state index contributed by atoms with van der Waals surface area (Å²) in [6.45, 7) is 2.80. The van der Waals surface area contributed by atoms with Crippen LogP contribution in [0.3, 0.4) is 0 Å². The number of nitrogens with two attached hydrogens (primary N) is 1. The van der Waals surface area contributed by atoms with Crippen LogP contribution in [0.4, 0.5) is 5.82 Å². The molecule has 0 saturated heterocycles. The topological polar surface area (TPSA) is 60.9 Å². The van der Waals surface area contributed by atoms with Crippen LogP contribution in [0.25, 0.3) is 0 Å². The highest BCUT2D eigenvalue weighted by Gasteiger charge is 2.03. The Morgan fingerprint density at radius 2 is 2.25 bits per heavy atom. The summed E-state index contributed by atoms with van der Waals surface area (Å²) in [7, 11) is 0. The Balaban J connectivity index is 2.73. The zero-order chi connectivity index (χ0) is 12.0. The molecule has 0 fully saturated rings. The van der Waals surface area contributed by atoms with Crippen molar-refractivity contribution in [2.24, 2.45) is 0 Å². The molecular formula is C12H17N3O. The van der Waals surface area contributed by atoms with Crippen LogP contribution in [0.1, 0.15) is 38.2 Å². The molecule has 0 spiro atoms. The third kappa shape index (κ3) is 3.13. The van der Waals surface area contributed by atoms with Crippen LogP contribution in [-0.4, -0.2) is 9.55 Å². The number of nitrogens with zero attached hydrogens (tertiary/aromatic N) is 2. The lowest BCUT2D eigenvalue weighted by atomic mass is 10.2. The normalized spacial score (nSPS) is 10.0. The number of nitrogen functional groups attached to an aromatic ring is 1. The molecule has 0 bridgehead atoms. The molecule has 0 radical (unpaired) electrons. The van der Waals surface area contributed by atoms with Gasteiger partial charge in [0.15, 0.2) is 0 Å². The van der Waals surface area contributed by atoms with Crippen LogP contribution in [0.15, 0.2) is 11.0 Å². The van der Waals surface area contributed by atoms with Crippen LogP contribution in [0.5, 0.6) is 0 Å². The quantitative estimate of drug-likeness (QED) is 0.601. The zero-order valence-electron chi connectivity index (χ0n) is 9.57. The molecule has 0 aliphatic rings. The average Bonchev–Trinajstić information content (AvgIpc) is 2.27. The second-order valence-electron chi connectivity index (χ2n) is 3.72. The minimum atomic E-state index is -0.326. The average molecular weight is 219 g/mol. The maximum atomic E-state index is 11.5. The van der Waals surface area contributed by atoms with E-state index < -0.39 is 0 Å². The lowest BCUT2D eigenvalue weighted by Gasteiger charge is -2.06. The third-order valence-electron chi connectivity index (χ3n) is 2.43. The van der Waals surface area contributed by atoms with Gasteiger partial charge in [-0.05, 0) is 6.42 Å². The van der Waals surface area contributed by atoms with E-state index in [9.17, 15) is 4.79 Å². The van der Waals surface area contributed by atoms with Gasteiger partial charge in [-0.3, -0.25) is 4.57 Å². The lowest BCUT2D eigenvalue weighted by Crippen LogP contribution is -2.24. The molecule has 86 valence electrons. The van der Waals surface area contributed by atoms with E-state index in [2.05, 4.69) is 17.8 Å². The number of aryl methyl sites for hydroxylation is 1. The Bertz CT molecular complexity index is 443. The summed E-state index contributed by atoms with van der Waals surface area (Å²) in [5, 5.41) is 0. The number of rotatable bonds is 5. The van der Waals surface area contributed by atoms with Crippen molar-refractivity contribution in [1.82, 2.24) is 9.55 Å². The first-order chi connectivity index (χ1) is 7.69. The molecule has 0 saturated carbocycles. The zero-order valence-corrected chi connectivity index (χ0v) is 9.57. The molecule has 16 heavy (non-hydrogen) atoms. The van der Waals surface area contributed by atoms with Gasteiger partial charge in [-0.25, -0.2) is 4.79 Å². The van der Waals surface area contributed by atoms with Gasteiger partial charge in [-0.15, -0.1) is 6.42 Å². The van der Waals surface area contributed by atoms with E-state index in [-0.39, 0.29) is 11.5 Å². The molecule has 0 aliphatic heterocycles. The van der Waals surface area contributed by atoms with E-state index in [1.807, 2.05) is 0 Å². The lowest BCUT2D eigenvalue weighted by molar-refractivity contribution is 0.562. The van der Waals surface area contributed by atoms with Gasteiger partial charge in [0.2, 0.25) is 0 Å². The maximum Gasteiger partial charge on any atom is 0.349 e. The van der Waals surface area contributed by atoms with Crippen molar-refractivity contribution >= 4 is 5.82 Å². The van der Waals surface area contributed by atoms with Gasteiger partial charge in [0.25, 0.3) is 0 Å². The number of anilines is 1. The fourth-order valence-electron chi connectivity index (χ4n) is 1.49. The second kappa shape index (κ2) is 5.96. The van der Waals surface area contributed by atoms with Gasteiger partial charge >= 0.3 is 5.69 Å². The molecule has 1 aromatic rings. The van der Waals surface area contributed by atoms with Gasteiger partial charge in [0, 0.05) is 12.7 Å². The highest BCUT2D eigenvalue weighted by Crippen LogP contribution is 2.04. The number of hydrogen-bond donors (Lipinski definition) is 1. The number of hydrogen-bond acceptors (Lipinski definition) is 3. The molecule has 2 N–H and O–H groups in total. The standard InChI is InChI=1S/C12H17N3O/c1-3-5-6-7-8-15-9-10(4-2)11(13)14-12(15)16/h2,9H,3,5-8H2,1H3,(H2,13,14,16). The molecular weight excluding hydrogens is 202 g/mol. The van der Waals surface area contributed by atoms with Crippen molar-refractivity contribution in [2.45, 2.75) is 39.2 Å². The Kier molecular flexibility index (Phi) is 4.59. The molecule has 1 aromatic heterocycles. The summed E-state index contributed by atoms with van der Waals surface area (Å²) in [4.78, 5) is 15.2. The molecule has 0 amide bonds. The molecule has 1 rings (SSSR count). The minimum absolute atomic E-state index is 0.136.